The van der Waals surface area contributed by atoms with E-state index in [0.717, 1.165) is 22.4 Å². The first kappa shape index (κ1) is 18.2. The fourth-order valence-electron chi connectivity index (χ4n) is 2.63. The molecule has 3 rings (SSSR count). The highest BCUT2D eigenvalue weighted by Crippen LogP contribution is 2.25. The Morgan fingerprint density at radius 1 is 1.04 bits per heavy atom. The second kappa shape index (κ2) is 8.15. The van der Waals surface area contributed by atoms with Crippen molar-refractivity contribution in [3.8, 4) is 5.75 Å². The Bertz CT molecular complexity index is 953. The van der Waals surface area contributed by atoms with Crippen LogP contribution in [0, 0.1) is 19.7 Å². The third-order valence-corrected chi connectivity index (χ3v) is 4.19. The van der Waals surface area contributed by atoms with Crippen molar-refractivity contribution in [1.29, 1.82) is 0 Å². The molecule has 0 radical (unpaired) electrons. The lowest BCUT2D eigenvalue weighted by molar-refractivity contribution is 0.305. The SMILES string of the molecule is Cc1ccc(N=Cc2cc(Cl)ccc2OCc2cccc(F)c2)c(C)c1. The van der Waals surface area contributed by atoms with Gasteiger partial charge in [0.15, 0.2) is 0 Å². The predicted octanol–water partition coefficient (Wildman–Crippen LogP) is 6.43. The number of hydrogen-bond donors (Lipinski definition) is 0. The van der Waals surface area contributed by atoms with Crippen LogP contribution in [0.25, 0.3) is 0 Å². The molecule has 0 amide bonds. The Labute approximate surface area is 157 Å². The number of aliphatic imine (C=N–C) groups is 1. The first-order chi connectivity index (χ1) is 12.5. The highest BCUT2D eigenvalue weighted by molar-refractivity contribution is 6.30. The Balaban J connectivity index is 1.82. The maximum absolute atomic E-state index is 13.3. The molecule has 0 saturated heterocycles. The van der Waals surface area contributed by atoms with Crippen molar-refractivity contribution >= 4 is 23.5 Å². The molecule has 4 heteroatoms. The van der Waals surface area contributed by atoms with E-state index in [1.165, 1.54) is 17.7 Å². The van der Waals surface area contributed by atoms with Crippen molar-refractivity contribution in [3.63, 3.8) is 0 Å². The van der Waals surface area contributed by atoms with Gasteiger partial charge in [0.1, 0.15) is 18.2 Å². The molecule has 0 bridgehead atoms. The average molecular weight is 368 g/mol. The molecule has 0 atom stereocenters. The van der Waals surface area contributed by atoms with Gasteiger partial charge in [-0.05, 0) is 61.4 Å². The van der Waals surface area contributed by atoms with E-state index in [0.29, 0.717) is 10.8 Å². The summed E-state index contributed by atoms with van der Waals surface area (Å²) in [4.78, 5) is 4.56. The maximum Gasteiger partial charge on any atom is 0.128 e. The lowest BCUT2D eigenvalue weighted by atomic mass is 10.1. The normalized spacial score (nSPS) is 11.1. The average Bonchev–Trinajstić information content (AvgIpc) is 2.60. The van der Waals surface area contributed by atoms with Crippen LogP contribution in [0.5, 0.6) is 5.75 Å². The minimum absolute atomic E-state index is 0.268. The Hall–Kier alpha value is -2.65. The van der Waals surface area contributed by atoms with Gasteiger partial charge in [0.05, 0.1) is 5.69 Å². The molecule has 0 fully saturated rings. The molecule has 0 spiro atoms. The van der Waals surface area contributed by atoms with Crippen molar-refractivity contribution in [2.24, 2.45) is 4.99 Å². The van der Waals surface area contributed by atoms with Crippen LogP contribution in [0.15, 0.2) is 65.7 Å². The van der Waals surface area contributed by atoms with E-state index in [9.17, 15) is 4.39 Å². The molecular formula is C22H19ClFNO. The van der Waals surface area contributed by atoms with Crippen LogP contribution in [-0.2, 0) is 6.61 Å². The monoisotopic (exact) mass is 367 g/mol. The fraction of sp³-hybridized carbons (Fsp3) is 0.136. The smallest absolute Gasteiger partial charge is 0.128 e. The van der Waals surface area contributed by atoms with Crippen LogP contribution in [0.2, 0.25) is 5.02 Å². The molecule has 0 unspecified atom stereocenters. The summed E-state index contributed by atoms with van der Waals surface area (Å²) in [6.07, 6.45) is 1.74. The molecule has 0 saturated carbocycles. The summed E-state index contributed by atoms with van der Waals surface area (Å²) in [6, 6.07) is 17.8. The minimum Gasteiger partial charge on any atom is -0.488 e. The van der Waals surface area contributed by atoms with Crippen LogP contribution in [-0.4, -0.2) is 6.21 Å². The van der Waals surface area contributed by atoms with Crippen LogP contribution >= 0.6 is 11.6 Å². The molecule has 26 heavy (non-hydrogen) atoms. The van der Waals surface area contributed by atoms with Crippen LogP contribution < -0.4 is 4.74 Å². The Kier molecular flexibility index (Phi) is 5.69. The summed E-state index contributed by atoms with van der Waals surface area (Å²) < 4.78 is 19.2. The third kappa shape index (κ3) is 4.70. The largest absolute Gasteiger partial charge is 0.488 e. The van der Waals surface area contributed by atoms with Crippen molar-refractivity contribution in [2.75, 3.05) is 0 Å². The Morgan fingerprint density at radius 2 is 1.88 bits per heavy atom. The highest BCUT2D eigenvalue weighted by atomic mass is 35.5. The summed E-state index contributed by atoms with van der Waals surface area (Å²) in [5.74, 6) is 0.367. The second-order valence-electron chi connectivity index (χ2n) is 6.15. The van der Waals surface area contributed by atoms with E-state index in [-0.39, 0.29) is 12.4 Å². The standard InChI is InChI=1S/C22H19ClFNO/c1-15-6-8-21(16(2)10-15)25-13-18-12-19(23)7-9-22(18)26-14-17-4-3-5-20(24)11-17/h3-13H,14H2,1-2H3. The molecule has 3 aromatic carbocycles. The maximum atomic E-state index is 13.3. The lowest BCUT2D eigenvalue weighted by Crippen LogP contribution is -1.99. The second-order valence-corrected chi connectivity index (χ2v) is 6.59. The number of aryl methyl sites for hydroxylation is 2. The van der Waals surface area contributed by atoms with Crippen molar-refractivity contribution in [2.45, 2.75) is 20.5 Å². The highest BCUT2D eigenvalue weighted by Gasteiger charge is 2.05. The summed E-state index contributed by atoms with van der Waals surface area (Å²) in [7, 11) is 0. The van der Waals surface area contributed by atoms with Crippen LogP contribution in [0.1, 0.15) is 22.3 Å². The molecule has 0 aliphatic heterocycles. The number of hydrogen-bond acceptors (Lipinski definition) is 2. The third-order valence-electron chi connectivity index (χ3n) is 3.95. The first-order valence-electron chi connectivity index (χ1n) is 8.29. The van der Waals surface area contributed by atoms with E-state index >= 15 is 0 Å². The molecule has 3 aromatic rings. The number of ether oxygens (including phenoxy) is 1. The van der Waals surface area contributed by atoms with Gasteiger partial charge in [0.2, 0.25) is 0 Å². The Morgan fingerprint density at radius 3 is 2.65 bits per heavy atom. The molecule has 0 aromatic heterocycles. The number of rotatable bonds is 5. The van der Waals surface area contributed by atoms with E-state index in [4.69, 9.17) is 16.3 Å². The predicted molar refractivity (Wildman–Crippen MR) is 105 cm³/mol. The van der Waals surface area contributed by atoms with Gasteiger partial charge < -0.3 is 4.74 Å². The molecule has 0 aliphatic rings. The number of nitrogens with zero attached hydrogens (tertiary/aromatic N) is 1. The van der Waals surface area contributed by atoms with E-state index < -0.39 is 0 Å². The fourth-order valence-corrected chi connectivity index (χ4v) is 2.81. The van der Waals surface area contributed by atoms with Crippen molar-refractivity contribution in [1.82, 2.24) is 0 Å². The topological polar surface area (TPSA) is 21.6 Å². The van der Waals surface area contributed by atoms with Gasteiger partial charge in [-0.25, -0.2) is 4.39 Å². The van der Waals surface area contributed by atoms with Crippen molar-refractivity contribution in [3.05, 3.63) is 93.8 Å². The van der Waals surface area contributed by atoms with E-state index in [1.54, 1.807) is 30.5 Å². The zero-order chi connectivity index (χ0) is 18.5. The lowest BCUT2D eigenvalue weighted by Gasteiger charge is -2.10. The van der Waals surface area contributed by atoms with Gasteiger partial charge in [-0.1, -0.05) is 41.4 Å². The zero-order valence-electron chi connectivity index (χ0n) is 14.7. The van der Waals surface area contributed by atoms with Crippen LogP contribution in [0.3, 0.4) is 0 Å². The molecule has 0 aliphatic carbocycles. The van der Waals surface area contributed by atoms with Gasteiger partial charge in [-0.3, -0.25) is 4.99 Å². The summed E-state index contributed by atoms with van der Waals surface area (Å²) in [5.41, 5.74) is 4.73. The number of benzene rings is 3. The van der Waals surface area contributed by atoms with Gasteiger partial charge >= 0.3 is 0 Å². The van der Waals surface area contributed by atoms with Gasteiger partial charge in [-0.15, -0.1) is 0 Å². The summed E-state index contributed by atoms with van der Waals surface area (Å²) in [5, 5.41) is 0.602. The summed E-state index contributed by atoms with van der Waals surface area (Å²) >= 11 is 6.12. The quantitative estimate of drug-likeness (QED) is 0.476. The first-order valence-corrected chi connectivity index (χ1v) is 8.67. The number of halogens is 2. The van der Waals surface area contributed by atoms with E-state index in [1.807, 2.05) is 25.1 Å². The van der Waals surface area contributed by atoms with Gasteiger partial charge in [0, 0.05) is 16.8 Å². The minimum atomic E-state index is -0.279. The van der Waals surface area contributed by atoms with E-state index in [2.05, 4.69) is 18.0 Å². The molecule has 132 valence electrons. The van der Waals surface area contributed by atoms with Gasteiger partial charge in [-0.2, -0.15) is 0 Å². The molecule has 0 heterocycles. The zero-order valence-corrected chi connectivity index (χ0v) is 15.4. The van der Waals surface area contributed by atoms with Crippen LogP contribution in [0.4, 0.5) is 10.1 Å². The van der Waals surface area contributed by atoms with Crippen molar-refractivity contribution < 1.29 is 9.13 Å². The summed E-state index contributed by atoms with van der Waals surface area (Å²) in [6.45, 7) is 4.35. The molecule has 2 nitrogen and oxygen atoms in total. The van der Waals surface area contributed by atoms with Gasteiger partial charge in [0.25, 0.3) is 0 Å². The molecule has 0 N–H and O–H groups in total. The molecular weight excluding hydrogens is 349 g/mol.